The molecule has 1 unspecified atom stereocenters. The summed E-state index contributed by atoms with van der Waals surface area (Å²) in [4.78, 5) is 12.0. The van der Waals surface area contributed by atoms with Crippen molar-refractivity contribution in [3.8, 4) is 0 Å². The van der Waals surface area contributed by atoms with Gasteiger partial charge in [-0.3, -0.25) is 4.79 Å². The van der Waals surface area contributed by atoms with Gasteiger partial charge in [-0.15, -0.1) is 0 Å². The van der Waals surface area contributed by atoms with Crippen LogP contribution in [0.2, 0.25) is 0 Å². The van der Waals surface area contributed by atoms with Crippen LogP contribution < -0.4 is 10.6 Å². The van der Waals surface area contributed by atoms with Crippen molar-refractivity contribution in [2.45, 2.75) is 51.0 Å². The second-order valence-electron chi connectivity index (χ2n) is 6.70. The molecular formula is C17H24N2O. The molecule has 20 heavy (non-hydrogen) atoms. The summed E-state index contributed by atoms with van der Waals surface area (Å²) >= 11 is 0. The molecule has 1 fully saturated rings. The van der Waals surface area contributed by atoms with Crippen molar-refractivity contribution in [1.29, 1.82) is 0 Å². The van der Waals surface area contributed by atoms with E-state index in [9.17, 15) is 4.79 Å². The number of hydrogen-bond acceptors (Lipinski definition) is 2. The molecule has 108 valence electrons. The fraction of sp³-hybridized carbons (Fsp3) is 0.588. The van der Waals surface area contributed by atoms with E-state index in [1.54, 1.807) is 0 Å². The van der Waals surface area contributed by atoms with Gasteiger partial charge in [-0.25, -0.2) is 0 Å². The van der Waals surface area contributed by atoms with Gasteiger partial charge < -0.3 is 10.6 Å². The Bertz CT molecular complexity index is 530. The lowest BCUT2D eigenvalue weighted by atomic mass is 9.83. The Labute approximate surface area is 121 Å². The van der Waals surface area contributed by atoms with E-state index in [0.717, 1.165) is 17.2 Å². The van der Waals surface area contributed by atoms with Gasteiger partial charge in [0.05, 0.1) is 5.41 Å². The van der Waals surface area contributed by atoms with Crippen molar-refractivity contribution in [2.24, 2.45) is 5.92 Å². The largest absolute Gasteiger partial charge is 0.325 e. The Morgan fingerprint density at radius 2 is 2.00 bits per heavy atom. The predicted octanol–water partition coefficient (Wildman–Crippen LogP) is 3.37. The van der Waals surface area contributed by atoms with Gasteiger partial charge >= 0.3 is 0 Å². The second-order valence-corrected chi connectivity index (χ2v) is 6.70. The molecule has 2 aliphatic rings. The third-order valence-electron chi connectivity index (χ3n) is 5.07. The van der Waals surface area contributed by atoms with Gasteiger partial charge in [-0.05, 0) is 56.8 Å². The highest BCUT2D eigenvalue weighted by molar-refractivity contribution is 6.05. The fourth-order valence-corrected chi connectivity index (χ4v) is 3.75. The Balaban J connectivity index is 1.96. The van der Waals surface area contributed by atoms with Crippen LogP contribution in [0.15, 0.2) is 18.2 Å². The molecule has 3 nitrogen and oxygen atoms in total. The van der Waals surface area contributed by atoms with Gasteiger partial charge in [-0.2, -0.15) is 0 Å². The van der Waals surface area contributed by atoms with Crippen molar-refractivity contribution in [1.82, 2.24) is 5.32 Å². The van der Waals surface area contributed by atoms with E-state index in [-0.39, 0.29) is 5.91 Å². The first kappa shape index (κ1) is 13.6. The number of hydrogen-bond donors (Lipinski definition) is 2. The van der Waals surface area contributed by atoms with E-state index >= 15 is 0 Å². The first-order chi connectivity index (χ1) is 9.54. The Kier molecular flexibility index (Phi) is 3.33. The number of rotatable bonds is 3. The topological polar surface area (TPSA) is 41.1 Å². The lowest BCUT2D eigenvalue weighted by Gasteiger charge is -2.25. The number of benzene rings is 1. The molecule has 3 heteroatoms. The molecule has 1 saturated carbocycles. The quantitative estimate of drug-likeness (QED) is 0.885. The molecule has 0 bridgehead atoms. The summed E-state index contributed by atoms with van der Waals surface area (Å²) in [5, 5.41) is 6.47. The molecule has 0 spiro atoms. The van der Waals surface area contributed by atoms with E-state index in [2.05, 4.69) is 28.8 Å². The second kappa shape index (κ2) is 4.88. The Morgan fingerprint density at radius 3 is 2.65 bits per heavy atom. The van der Waals surface area contributed by atoms with Crippen LogP contribution in [0.1, 0.15) is 56.7 Å². The highest BCUT2D eigenvalue weighted by Gasteiger charge is 2.39. The lowest BCUT2D eigenvalue weighted by molar-refractivity contribution is -0.119. The molecular weight excluding hydrogens is 248 g/mol. The predicted molar refractivity (Wildman–Crippen MR) is 81.9 cm³/mol. The minimum atomic E-state index is -0.417. The van der Waals surface area contributed by atoms with Gasteiger partial charge in [0.15, 0.2) is 0 Å². The number of nitrogens with one attached hydrogen (secondary N) is 2. The van der Waals surface area contributed by atoms with Gasteiger partial charge in [0.25, 0.3) is 0 Å². The number of amides is 1. The molecule has 3 rings (SSSR count). The minimum Gasteiger partial charge on any atom is -0.325 e. The maximum atomic E-state index is 12.0. The zero-order valence-corrected chi connectivity index (χ0v) is 12.6. The van der Waals surface area contributed by atoms with Crippen molar-refractivity contribution in [3.05, 3.63) is 29.3 Å². The van der Waals surface area contributed by atoms with E-state index in [1.807, 2.05) is 20.9 Å². The fourth-order valence-electron chi connectivity index (χ4n) is 3.75. The van der Waals surface area contributed by atoms with Crippen LogP contribution in [0.25, 0.3) is 0 Å². The van der Waals surface area contributed by atoms with E-state index in [0.29, 0.717) is 6.04 Å². The first-order valence-corrected chi connectivity index (χ1v) is 7.67. The van der Waals surface area contributed by atoms with Gasteiger partial charge in [0.1, 0.15) is 0 Å². The number of carbonyl (C=O) groups excluding carboxylic acids is 1. The summed E-state index contributed by atoms with van der Waals surface area (Å²) in [7, 11) is 2.05. The Hall–Kier alpha value is -1.35. The molecule has 0 aromatic heterocycles. The average Bonchev–Trinajstić information content (AvgIpc) is 3.01. The van der Waals surface area contributed by atoms with E-state index in [4.69, 9.17) is 0 Å². The van der Waals surface area contributed by atoms with Crippen molar-refractivity contribution in [2.75, 3.05) is 12.4 Å². The van der Waals surface area contributed by atoms with Crippen LogP contribution in [0, 0.1) is 5.92 Å². The number of carbonyl (C=O) groups is 1. The summed E-state index contributed by atoms with van der Waals surface area (Å²) in [5.74, 6) is 0.831. The van der Waals surface area contributed by atoms with Crippen LogP contribution >= 0.6 is 0 Å². The molecule has 1 atom stereocenters. The lowest BCUT2D eigenvalue weighted by Crippen LogP contribution is -2.27. The van der Waals surface area contributed by atoms with Crippen LogP contribution in [0.5, 0.6) is 0 Å². The summed E-state index contributed by atoms with van der Waals surface area (Å²) in [6.45, 7) is 4.00. The molecule has 1 aliphatic heterocycles. The van der Waals surface area contributed by atoms with Gasteiger partial charge in [-0.1, -0.05) is 25.0 Å². The average molecular weight is 272 g/mol. The molecule has 1 heterocycles. The van der Waals surface area contributed by atoms with Crippen LogP contribution in [0.3, 0.4) is 0 Å². The summed E-state index contributed by atoms with van der Waals surface area (Å²) in [6.07, 6.45) is 5.31. The molecule has 0 radical (unpaired) electrons. The molecule has 1 aromatic rings. The smallest absolute Gasteiger partial charge is 0.234 e. The molecule has 1 aromatic carbocycles. The van der Waals surface area contributed by atoms with Crippen molar-refractivity contribution >= 4 is 11.6 Å². The standard InChI is InChI=1S/C17H24N2O/c1-17(2)13-10-12(8-9-14(13)19-16(17)20)15(18-3)11-6-4-5-7-11/h8-11,15,18H,4-7H2,1-3H3,(H,19,20). The van der Waals surface area contributed by atoms with E-state index < -0.39 is 5.41 Å². The first-order valence-electron chi connectivity index (χ1n) is 7.67. The van der Waals surface area contributed by atoms with Gasteiger partial charge in [0.2, 0.25) is 5.91 Å². The van der Waals surface area contributed by atoms with E-state index in [1.165, 1.54) is 31.2 Å². The molecule has 1 aliphatic carbocycles. The molecule has 1 amide bonds. The monoisotopic (exact) mass is 272 g/mol. The zero-order valence-electron chi connectivity index (χ0n) is 12.6. The van der Waals surface area contributed by atoms with Crippen molar-refractivity contribution < 1.29 is 4.79 Å². The normalized spacial score (nSPS) is 22.6. The highest BCUT2D eigenvalue weighted by atomic mass is 16.2. The molecule has 2 N–H and O–H groups in total. The van der Waals surface area contributed by atoms with Crippen LogP contribution in [-0.4, -0.2) is 13.0 Å². The van der Waals surface area contributed by atoms with Crippen LogP contribution in [0.4, 0.5) is 5.69 Å². The SMILES string of the molecule is CNC(c1ccc2c(c1)C(C)(C)C(=O)N2)C1CCCC1. The summed E-state index contributed by atoms with van der Waals surface area (Å²) < 4.78 is 0. The number of anilines is 1. The van der Waals surface area contributed by atoms with Crippen molar-refractivity contribution in [3.63, 3.8) is 0 Å². The maximum absolute atomic E-state index is 12.0. The Morgan fingerprint density at radius 1 is 1.30 bits per heavy atom. The van der Waals surface area contributed by atoms with Crippen LogP contribution in [-0.2, 0) is 10.2 Å². The zero-order chi connectivity index (χ0) is 14.3. The summed E-state index contributed by atoms with van der Waals surface area (Å²) in [6, 6.07) is 6.87. The highest BCUT2D eigenvalue weighted by Crippen LogP contribution is 2.41. The summed E-state index contributed by atoms with van der Waals surface area (Å²) in [5.41, 5.74) is 3.02. The maximum Gasteiger partial charge on any atom is 0.234 e. The molecule has 0 saturated heterocycles. The number of fused-ring (bicyclic) bond motifs is 1. The van der Waals surface area contributed by atoms with Gasteiger partial charge in [0, 0.05) is 11.7 Å². The third-order valence-corrected chi connectivity index (χ3v) is 5.07. The minimum absolute atomic E-state index is 0.103. The third kappa shape index (κ3) is 2.05.